The second kappa shape index (κ2) is 19.8. The van der Waals surface area contributed by atoms with E-state index in [1.165, 1.54) is 25.3 Å². The number of anilines is 1. The maximum atomic E-state index is 13.9. The number of sulfonamides is 1. The largest absolute Gasteiger partial charge is 0.485 e. The maximum absolute atomic E-state index is 13.9. The molecule has 0 unspecified atom stereocenters. The SMILES string of the molecule is CCO[C@@]1(CN2CCNCCCC[C@@H](C)C2)/C=C/C[C@H](C)[C@@H](CCO)S(=O)(=O)NC(=O)c2ccc3c(n2)N(CCCCc2cc(Cl)ccc2CO3)C[C@@H]2CC[C@H]21. The van der Waals surface area contributed by atoms with Gasteiger partial charge in [-0.25, -0.2) is 18.1 Å². The fourth-order valence-electron chi connectivity index (χ4n) is 9.39. The molecular weight excluding hydrogens is 750 g/mol. The molecule has 1 aliphatic carbocycles. The summed E-state index contributed by atoms with van der Waals surface area (Å²) in [5.74, 6) is 0.964. The first-order chi connectivity index (χ1) is 27.0. The fourth-order valence-corrected chi connectivity index (χ4v) is 11.2. The number of halogens is 1. The molecule has 310 valence electrons. The number of pyridine rings is 1. The summed E-state index contributed by atoms with van der Waals surface area (Å²) in [5.41, 5.74) is 1.62. The van der Waals surface area contributed by atoms with E-state index in [2.05, 4.69) is 45.8 Å². The minimum atomic E-state index is -4.19. The highest BCUT2D eigenvalue weighted by Crippen LogP contribution is 2.47. The van der Waals surface area contributed by atoms with Crippen LogP contribution in [-0.2, 0) is 27.8 Å². The predicted octanol–water partition coefficient (Wildman–Crippen LogP) is 6.38. The molecule has 1 aromatic carbocycles. The van der Waals surface area contributed by atoms with Crippen molar-refractivity contribution in [1.82, 2.24) is 19.9 Å². The second-order valence-electron chi connectivity index (χ2n) is 16.7. The van der Waals surface area contributed by atoms with Crippen LogP contribution in [0.5, 0.6) is 5.75 Å². The number of benzene rings is 1. The number of allylic oxidation sites excluding steroid dienone is 1. The highest BCUT2D eigenvalue weighted by atomic mass is 35.5. The zero-order valence-corrected chi connectivity index (χ0v) is 35.3. The van der Waals surface area contributed by atoms with Crippen molar-refractivity contribution in [2.45, 2.75) is 102 Å². The smallest absolute Gasteiger partial charge is 0.283 e. The number of aliphatic hydroxyl groups excluding tert-OH is 1. The maximum Gasteiger partial charge on any atom is 0.283 e. The number of hydrogen-bond donors (Lipinski definition) is 3. The van der Waals surface area contributed by atoms with Crippen LogP contribution in [-0.4, -0.2) is 99.2 Å². The number of ether oxygens (including phenoxy) is 2. The van der Waals surface area contributed by atoms with E-state index >= 15 is 0 Å². The Labute approximate surface area is 340 Å². The van der Waals surface area contributed by atoms with Crippen LogP contribution in [0.25, 0.3) is 0 Å². The number of fused-ring (bicyclic) bond motifs is 3. The van der Waals surface area contributed by atoms with Crippen LogP contribution < -0.4 is 19.7 Å². The molecule has 1 amide bonds. The topological polar surface area (TPSA) is 133 Å². The van der Waals surface area contributed by atoms with Gasteiger partial charge in [0.1, 0.15) is 17.9 Å². The molecule has 0 spiro atoms. The van der Waals surface area contributed by atoms with Crippen molar-refractivity contribution in [3.05, 3.63) is 64.3 Å². The van der Waals surface area contributed by atoms with E-state index in [1.807, 2.05) is 25.1 Å². The first kappa shape index (κ1) is 42.9. The number of amides is 1. The van der Waals surface area contributed by atoms with Gasteiger partial charge in [-0.1, -0.05) is 50.1 Å². The third kappa shape index (κ3) is 10.7. The number of hydrogen-bond acceptors (Lipinski definition) is 10. The first-order valence-electron chi connectivity index (χ1n) is 21.1. The van der Waals surface area contributed by atoms with E-state index in [4.69, 9.17) is 26.1 Å². The van der Waals surface area contributed by atoms with Crippen molar-refractivity contribution in [2.75, 3.05) is 63.9 Å². The van der Waals surface area contributed by atoms with Gasteiger partial charge < -0.3 is 24.8 Å². The summed E-state index contributed by atoms with van der Waals surface area (Å²) < 4.78 is 43.7. The third-order valence-electron chi connectivity index (χ3n) is 12.5. The Kier molecular flexibility index (Phi) is 15.2. The summed E-state index contributed by atoms with van der Waals surface area (Å²) >= 11 is 6.42. The summed E-state index contributed by atoms with van der Waals surface area (Å²) in [4.78, 5) is 23.5. The third-order valence-corrected chi connectivity index (χ3v) is 14.7. The van der Waals surface area contributed by atoms with Gasteiger partial charge in [-0.15, -0.1) is 0 Å². The number of aliphatic hydroxyl groups is 1. The Morgan fingerprint density at radius 1 is 1.04 bits per heavy atom. The van der Waals surface area contributed by atoms with Gasteiger partial charge in [-0.3, -0.25) is 9.69 Å². The zero-order valence-electron chi connectivity index (χ0n) is 33.7. The molecule has 6 atom stereocenters. The number of aromatic nitrogens is 1. The Morgan fingerprint density at radius 2 is 1.89 bits per heavy atom. The van der Waals surface area contributed by atoms with Gasteiger partial charge in [0.05, 0.1) is 5.25 Å². The molecule has 6 rings (SSSR count). The summed E-state index contributed by atoms with van der Waals surface area (Å²) in [5, 5.41) is 13.4. The van der Waals surface area contributed by atoms with E-state index in [-0.39, 0.29) is 36.5 Å². The van der Waals surface area contributed by atoms with Gasteiger partial charge >= 0.3 is 0 Å². The van der Waals surface area contributed by atoms with Gasteiger partial charge in [-0.2, -0.15) is 0 Å². The molecule has 13 heteroatoms. The van der Waals surface area contributed by atoms with E-state index in [0.29, 0.717) is 55.2 Å². The highest BCUT2D eigenvalue weighted by molar-refractivity contribution is 7.90. The Morgan fingerprint density at radius 3 is 2.68 bits per heavy atom. The molecule has 4 heterocycles. The quantitative estimate of drug-likeness (QED) is 0.283. The predicted molar refractivity (Wildman–Crippen MR) is 223 cm³/mol. The summed E-state index contributed by atoms with van der Waals surface area (Å²) in [6, 6.07) is 9.19. The average Bonchev–Trinajstić information content (AvgIpc) is 3.17. The lowest BCUT2D eigenvalue weighted by Crippen LogP contribution is -2.57. The van der Waals surface area contributed by atoms with Crippen molar-refractivity contribution in [1.29, 1.82) is 0 Å². The van der Waals surface area contributed by atoms with Gasteiger partial charge in [-0.05, 0) is 130 Å². The number of carbonyl (C=O) groups excluding carboxylic acids is 1. The van der Waals surface area contributed by atoms with Crippen LogP contribution in [0.1, 0.15) is 100 Å². The lowest BCUT2D eigenvalue weighted by atomic mass is 9.63. The number of aryl methyl sites for hydroxylation is 1. The van der Waals surface area contributed by atoms with Crippen LogP contribution in [0.15, 0.2) is 42.5 Å². The molecule has 4 aliphatic rings. The Balaban J connectivity index is 1.42. The molecule has 0 radical (unpaired) electrons. The van der Waals surface area contributed by atoms with Gasteiger partial charge in [0.2, 0.25) is 10.0 Å². The molecule has 2 aromatic rings. The Bertz CT molecular complexity index is 1760. The lowest BCUT2D eigenvalue weighted by Gasteiger charge is -2.51. The number of nitrogens with one attached hydrogen (secondary N) is 2. The average molecular weight is 815 g/mol. The van der Waals surface area contributed by atoms with Gasteiger partial charge in [0.15, 0.2) is 11.6 Å². The van der Waals surface area contributed by atoms with Crippen LogP contribution in [0.3, 0.4) is 0 Å². The molecular formula is C43H64ClN5O6S. The van der Waals surface area contributed by atoms with Crippen molar-refractivity contribution in [3.8, 4) is 5.75 Å². The van der Waals surface area contributed by atoms with Crippen molar-refractivity contribution < 1.29 is 27.8 Å². The molecule has 56 heavy (non-hydrogen) atoms. The standard InChI is InChI=1S/C43H64ClN5O6S/c1-4-55-43(30-48-24-22-45-21-7-5-10-31(2)27-48)20-9-11-32(3)40(19-25-50)56(52,53)47-42(51)38-17-18-39-41(46-38)49(28-34-14-16-37(34)43)23-8-6-12-33-26-36(44)15-13-35(33)29-54-39/h9,13,15,17-18,20,26,31-32,34,37,40,45,50H,4-8,10-12,14,16,19,21-25,27-30H2,1-3H3,(H,47,51)/b20-9+/t31-,32+,34+,37-,40-,43-/m1/s1. The molecule has 2 fully saturated rings. The van der Waals surface area contributed by atoms with Crippen molar-refractivity contribution >= 4 is 33.3 Å². The fraction of sp³-hybridized carbons (Fsp3) is 0.674. The zero-order chi connectivity index (χ0) is 39.7. The van der Waals surface area contributed by atoms with Gasteiger partial charge in [0, 0.05) is 57.5 Å². The van der Waals surface area contributed by atoms with Crippen LogP contribution >= 0.6 is 11.6 Å². The van der Waals surface area contributed by atoms with Crippen molar-refractivity contribution in [2.24, 2.45) is 23.7 Å². The minimum absolute atomic E-state index is 0.00348. The lowest BCUT2D eigenvalue weighted by molar-refractivity contribution is -0.110. The monoisotopic (exact) mass is 813 g/mol. The van der Waals surface area contributed by atoms with E-state index in [0.717, 1.165) is 76.0 Å². The molecule has 1 saturated heterocycles. The van der Waals surface area contributed by atoms with E-state index < -0.39 is 26.8 Å². The molecule has 2 bridgehead atoms. The molecule has 3 aliphatic heterocycles. The minimum Gasteiger partial charge on any atom is -0.485 e. The number of rotatable bonds is 6. The summed E-state index contributed by atoms with van der Waals surface area (Å²) in [6.45, 7) is 12.9. The summed E-state index contributed by atoms with van der Waals surface area (Å²) in [6.07, 6.45) is 13.2. The number of nitrogens with zero attached hydrogens (tertiary/aromatic N) is 3. The highest BCUT2D eigenvalue weighted by Gasteiger charge is 2.49. The second-order valence-corrected chi connectivity index (χ2v) is 19.0. The molecule has 11 nitrogen and oxygen atoms in total. The number of carbonyl (C=O) groups is 1. The molecule has 3 N–H and O–H groups in total. The van der Waals surface area contributed by atoms with E-state index in [9.17, 15) is 18.3 Å². The van der Waals surface area contributed by atoms with Crippen LogP contribution in [0.4, 0.5) is 5.82 Å². The Hall–Kier alpha value is -2.74. The molecule has 1 aromatic heterocycles. The summed E-state index contributed by atoms with van der Waals surface area (Å²) in [7, 11) is -4.19. The first-order valence-corrected chi connectivity index (χ1v) is 23.0. The van der Waals surface area contributed by atoms with Crippen LogP contribution in [0, 0.1) is 23.7 Å². The normalized spacial score (nSPS) is 30.3. The van der Waals surface area contributed by atoms with E-state index in [1.54, 1.807) is 6.07 Å². The molecule has 1 saturated carbocycles. The van der Waals surface area contributed by atoms with Gasteiger partial charge in [0.25, 0.3) is 5.91 Å². The van der Waals surface area contributed by atoms with Crippen molar-refractivity contribution in [3.63, 3.8) is 0 Å². The van der Waals surface area contributed by atoms with Crippen LogP contribution in [0.2, 0.25) is 5.02 Å².